The van der Waals surface area contributed by atoms with Crippen LogP contribution in [-0.2, 0) is 0 Å². The molecule has 5 aliphatic rings. The summed E-state index contributed by atoms with van der Waals surface area (Å²) in [6.45, 7) is 6.40. The fourth-order valence-electron chi connectivity index (χ4n) is 9.90. The van der Waals surface area contributed by atoms with Crippen molar-refractivity contribution in [2.75, 3.05) is 27.7 Å². The number of carbonyl (C=O) groups excluding carboxylic acids is 1. The number of nitrogens with zero attached hydrogens (tertiary/aromatic N) is 2. The zero-order valence-electron chi connectivity index (χ0n) is 22.4. The molecule has 4 fully saturated rings. The molecule has 1 spiro atoms. The summed E-state index contributed by atoms with van der Waals surface area (Å²) >= 11 is 0. The summed E-state index contributed by atoms with van der Waals surface area (Å²) in [5.41, 5.74) is 3.30. The summed E-state index contributed by atoms with van der Waals surface area (Å²) in [7, 11) is 6.02. The molecule has 4 aliphatic carbocycles. The predicted molar refractivity (Wildman–Crippen MR) is 140 cm³/mol. The Morgan fingerprint density at radius 2 is 1.91 bits per heavy atom. The Kier molecular flexibility index (Phi) is 5.63. The first kappa shape index (κ1) is 23.6. The first-order valence-corrected chi connectivity index (χ1v) is 14.1. The molecule has 35 heavy (non-hydrogen) atoms. The molecule has 8 atom stereocenters. The molecule has 1 aromatic carbocycles. The quantitative estimate of drug-likeness (QED) is 0.500. The Morgan fingerprint density at radius 3 is 2.71 bits per heavy atom. The molecule has 190 valence electrons. The molecule has 1 heterocycles. The molecule has 6 rings (SSSR count). The van der Waals surface area contributed by atoms with E-state index in [2.05, 4.69) is 31.9 Å². The number of rotatable bonds is 3. The molecule has 1 saturated heterocycles. The molecule has 0 bridgehead atoms. The van der Waals surface area contributed by atoms with Crippen LogP contribution in [0.4, 0.5) is 0 Å². The van der Waals surface area contributed by atoms with Crippen LogP contribution in [0.15, 0.2) is 35.9 Å². The van der Waals surface area contributed by atoms with Crippen molar-refractivity contribution in [1.82, 2.24) is 9.80 Å². The van der Waals surface area contributed by atoms with Gasteiger partial charge in [-0.25, -0.2) is 0 Å². The maximum atomic E-state index is 13.3. The highest BCUT2D eigenvalue weighted by Gasteiger charge is 2.64. The van der Waals surface area contributed by atoms with Gasteiger partial charge in [-0.1, -0.05) is 24.6 Å². The van der Waals surface area contributed by atoms with E-state index in [4.69, 9.17) is 4.74 Å². The summed E-state index contributed by atoms with van der Waals surface area (Å²) in [4.78, 5) is 18.0. The van der Waals surface area contributed by atoms with E-state index in [1.54, 1.807) is 12.7 Å². The lowest BCUT2D eigenvalue weighted by atomic mass is 9.47. The van der Waals surface area contributed by atoms with Crippen molar-refractivity contribution < 1.29 is 9.53 Å². The first-order chi connectivity index (χ1) is 16.8. The molecule has 4 heteroatoms. The first-order valence-electron chi connectivity index (χ1n) is 14.1. The van der Waals surface area contributed by atoms with Gasteiger partial charge >= 0.3 is 0 Å². The number of carbonyl (C=O) groups is 1. The second-order valence-corrected chi connectivity index (χ2v) is 12.9. The molecular formula is C31H44N2O2. The SMILES string of the molecule is COc1cccc(C(=O)N(C)[C@H]2CC[C@@]3(C)C(=CC[C@@H]4C3CC[C@]35CN(C)[C@@H](C)[C@H]3CC[C@@H]45)C2)c1. The van der Waals surface area contributed by atoms with Gasteiger partial charge < -0.3 is 14.5 Å². The van der Waals surface area contributed by atoms with Gasteiger partial charge in [-0.2, -0.15) is 0 Å². The third kappa shape index (κ3) is 3.38. The van der Waals surface area contributed by atoms with Gasteiger partial charge in [0, 0.05) is 31.2 Å². The Hall–Kier alpha value is -1.81. The maximum absolute atomic E-state index is 13.3. The summed E-state index contributed by atoms with van der Waals surface area (Å²) in [6.07, 6.45) is 13.1. The standard InChI is InChI=1S/C31H44N2O2/c1-20-26-11-12-28-25-10-9-22-18-23(33(4)29(34)21-7-6-8-24(17-21)35-5)13-15-30(22,2)27(25)14-16-31(26,28)19-32(20)3/h6-9,17,20,23,25-28H,10-16,18-19H2,1-5H3/t20-,23-,25+,26+,27?,28-,30-,31-/m0/s1. The molecule has 0 radical (unpaired) electrons. The van der Waals surface area contributed by atoms with Crippen LogP contribution in [0.5, 0.6) is 5.75 Å². The van der Waals surface area contributed by atoms with Crippen LogP contribution in [0.1, 0.15) is 75.6 Å². The van der Waals surface area contributed by atoms with Gasteiger partial charge in [0.05, 0.1) is 7.11 Å². The van der Waals surface area contributed by atoms with Crippen LogP contribution in [0.3, 0.4) is 0 Å². The topological polar surface area (TPSA) is 32.8 Å². The van der Waals surface area contributed by atoms with Gasteiger partial charge in [0.25, 0.3) is 5.91 Å². The van der Waals surface area contributed by atoms with E-state index in [0.717, 1.165) is 53.9 Å². The lowest BCUT2D eigenvalue weighted by Crippen LogP contribution is -2.53. The van der Waals surface area contributed by atoms with Crippen LogP contribution in [0.2, 0.25) is 0 Å². The minimum Gasteiger partial charge on any atom is -0.497 e. The van der Waals surface area contributed by atoms with Crippen molar-refractivity contribution in [2.24, 2.45) is 34.5 Å². The van der Waals surface area contributed by atoms with Crippen LogP contribution in [0.25, 0.3) is 0 Å². The van der Waals surface area contributed by atoms with Crippen LogP contribution >= 0.6 is 0 Å². The van der Waals surface area contributed by atoms with E-state index in [9.17, 15) is 4.79 Å². The van der Waals surface area contributed by atoms with Crippen LogP contribution in [-0.4, -0.2) is 55.5 Å². The zero-order valence-corrected chi connectivity index (χ0v) is 22.4. The molecule has 1 amide bonds. The van der Waals surface area contributed by atoms with Gasteiger partial charge in [-0.05, 0) is 118 Å². The van der Waals surface area contributed by atoms with E-state index < -0.39 is 0 Å². The maximum Gasteiger partial charge on any atom is 0.253 e. The van der Waals surface area contributed by atoms with Gasteiger partial charge in [0.2, 0.25) is 0 Å². The van der Waals surface area contributed by atoms with E-state index >= 15 is 0 Å². The fraction of sp³-hybridized carbons (Fsp3) is 0.710. The molecule has 0 N–H and O–H groups in total. The summed E-state index contributed by atoms with van der Waals surface area (Å²) in [5.74, 6) is 4.40. The smallest absolute Gasteiger partial charge is 0.253 e. The number of hydrogen-bond acceptors (Lipinski definition) is 3. The van der Waals surface area contributed by atoms with E-state index in [0.29, 0.717) is 16.9 Å². The largest absolute Gasteiger partial charge is 0.497 e. The van der Waals surface area contributed by atoms with Crippen molar-refractivity contribution in [1.29, 1.82) is 0 Å². The van der Waals surface area contributed by atoms with Crippen molar-refractivity contribution in [2.45, 2.75) is 77.3 Å². The molecule has 1 aromatic rings. The lowest BCUT2D eigenvalue weighted by molar-refractivity contribution is -0.0430. The Morgan fingerprint density at radius 1 is 1.11 bits per heavy atom. The fourth-order valence-corrected chi connectivity index (χ4v) is 9.90. The highest BCUT2D eigenvalue weighted by Crippen LogP contribution is 2.68. The number of hydrogen-bond donors (Lipinski definition) is 0. The Bertz CT molecular complexity index is 1030. The van der Waals surface area contributed by atoms with Gasteiger partial charge in [-0.15, -0.1) is 0 Å². The van der Waals surface area contributed by atoms with Gasteiger partial charge in [-0.3, -0.25) is 4.79 Å². The Labute approximate surface area is 212 Å². The summed E-state index contributed by atoms with van der Waals surface area (Å²) in [6, 6.07) is 8.64. The van der Waals surface area contributed by atoms with E-state index in [1.165, 1.54) is 45.1 Å². The number of allylic oxidation sites excluding steroid dienone is 1. The molecule has 1 aliphatic heterocycles. The molecule has 1 unspecified atom stereocenters. The number of fused-ring (bicyclic) bond motifs is 4. The predicted octanol–water partition coefficient (Wildman–Crippen LogP) is 6.03. The average molecular weight is 477 g/mol. The number of amides is 1. The normalized spacial score (nSPS) is 42.4. The molecule has 4 nitrogen and oxygen atoms in total. The summed E-state index contributed by atoms with van der Waals surface area (Å²) in [5, 5.41) is 0. The molecular weight excluding hydrogens is 432 g/mol. The third-order valence-corrected chi connectivity index (χ3v) is 11.9. The van der Waals surface area contributed by atoms with E-state index in [1.807, 2.05) is 36.2 Å². The van der Waals surface area contributed by atoms with Crippen LogP contribution < -0.4 is 4.74 Å². The third-order valence-electron chi connectivity index (χ3n) is 11.9. The van der Waals surface area contributed by atoms with Crippen molar-refractivity contribution in [3.05, 3.63) is 41.5 Å². The number of benzene rings is 1. The van der Waals surface area contributed by atoms with Gasteiger partial charge in [0.1, 0.15) is 5.75 Å². The summed E-state index contributed by atoms with van der Waals surface area (Å²) < 4.78 is 5.35. The van der Waals surface area contributed by atoms with Crippen molar-refractivity contribution in [3.63, 3.8) is 0 Å². The van der Waals surface area contributed by atoms with Crippen molar-refractivity contribution >= 4 is 5.91 Å². The zero-order chi connectivity index (χ0) is 24.5. The number of ether oxygens (including phenoxy) is 1. The number of methoxy groups -OCH3 is 1. The number of likely N-dealkylation sites (tertiary alicyclic amines) is 1. The average Bonchev–Trinajstić information content (AvgIpc) is 3.36. The lowest BCUT2D eigenvalue weighted by Gasteiger charge is -2.58. The minimum absolute atomic E-state index is 0.114. The molecule has 0 aromatic heterocycles. The minimum atomic E-state index is 0.114. The second-order valence-electron chi connectivity index (χ2n) is 12.9. The highest BCUT2D eigenvalue weighted by atomic mass is 16.5. The Balaban J connectivity index is 1.21. The second kappa shape index (κ2) is 8.36. The van der Waals surface area contributed by atoms with Gasteiger partial charge in [0.15, 0.2) is 0 Å². The molecule has 3 saturated carbocycles. The van der Waals surface area contributed by atoms with E-state index in [-0.39, 0.29) is 5.91 Å². The van der Waals surface area contributed by atoms with Crippen LogP contribution in [0, 0.1) is 34.5 Å². The monoisotopic (exact) mass is 476 g/mol. The van der Waals surface area contributed by atoms with Crippen molar-refractivity contribution in [3.8, 4) is 5.75 Å². The highest BCUT2D eigenvalue weighted by molar-refractivity contribution is 5.94.